The molecule has 2 rings (SSSR count). The third-order valence-electron chi connectivity index (χ3n) is 3.87. The summed E-state index contributed by atoms with van der Waals surface area (Å²) in [7, 11) is 1.19. The molecule has 1 amide bonds. The standard InChI is InChI=1S/C19H19ClF3N3O4/c1-10(2)14(18(28)29-3)26-16(27)13-8-24-17(30-9-19(21,22)23)15(25-13)11-4-6-12(20)7-5-11/h4-8,10,14H,9H2,1-3H3,(H,26,27)/t14-/m1/s1. The molecule has 0 fully saturated rings. The maximum Gasteiger partial charge on any atom is 0.422 e. The van der Waals surface area contributed by atoms with Gasteiger partial charge in [-0.3, -0.25) is 4.79 Å². The number of nitrogens with one attached hydrogen (secondary N) is 1. The molecule has 1 aromatic carbocycles. The summed E-state index contributed by atoms with van der Waals surface area (Å²) in [5.41, 5.74) is 0.0451. The lowest BCUT2D eigenvalue weighted by atomic mass is 10.0. The monoisotopic (exact) mass is 445 g/mol. The lowest BCUT2D eigenvalue weighted by Crippen LogP contribution is -2.45. The number of ether oxygens (including phenoxy) is 2. The number of halogens is 4. The van der Waals surface area contributed by atoms with E-state index < -0.39 is 36.6 Å². The van der Waals surface area contributed by atoms with Crippen LogP contribution in [-0.2, 0) is 9.53 Å². The van der Waals surface area contributed by atoms with Crippen molar-refractivity contribution in [2.75, 3.05) is 13.7 Å². The van der Waals surface area contributed by atoms with Crippen molar-refractivity contribution in [2.24, 2.45) is 5.92 Å². The molecule has 162 valence electrons. The first-order valence-electron chi connectivity index (χ1n) is 8.73. The van der Waals surface area contributed by atoms with Crippen LogP contribution < -0.4 is 10.1 Å². The number of esters is 1. The first-order valence-corrected chi connectivity index (χ1v) is 9.11. The lowest BCUT2D eigenvalue weighted by molar-refractivity contribution is -0.154. The largest absolute Gasteiger partial charge is 0.467 e. The molecular weight excluding hydrogens is 427 g/mol. The number of methoxy groups -OCH3 is 1. The second-order valence-corrected chi connectivity index (χ2v) is 6.97. The number of alkyl halides is 3. The van der Waals surface area contributed by atoms with Crippen LogP contribution in [0.1, 0.15) is 24.3 Å². The van der Waals surface area contributed by atoms with Gasteiger partial charge in [-0.25, -0.2) is 14.8 Å². The molecule has 0 aliphatic heterocycles. The van der Waals surface area contributed by atoms with Crippen molar-refractivity contribution in [1.29, 1.82) is 0 Å². The van der Waals surface area contributed by atoms with Crippen molar-refractivity contribution in [2.45, 2.75) is 26.1 Å². The van der Waals surface area contributed by atoms with Gasteiger partial charge in [0.25, 0.3) is 5.91 Å². The Bertz CT molecular complexity index is 905. The number of rotatable bonds is 7. The predicted octanol–water partition coefficient (Wildman–Crippen LogP) is 3.67. The second-order valence-electron chi connectivity index (χ2n) is 6.54. The van der Waals surface area contributed by atoms with E-state index in [-0.39, 0.29) is 17.3 Å². The Hall–Kier alpha value is -2.88. The van der Waals surface area contributed by atoms with Crippen LogP contribution in [0, 0.1) is 5.92 Å². The van der Waals surface area contributed by atoms with E-state index in [0.717, 1.165) is 6.20 Å². The smallest absolute Gasteiger partial charge is 0.422 e. The van der Waals surface area contributed by atoms with Gasteiger partial charge in [-0.05, 0) is 18.1 Å². The number of benzene rings is 1. The van der Waals surface area contributed by atoms with Gasteiger partial charge < -0.3 is 14.8 Å². The number of hydrogen-bond acceptors (Lipinski definition) is 6. The maximum atomic E-state index is 12.6. The van der Waals surface area contributed by atoms with Gasteiger partial charge in [-0.15, -0.1) is 0 Å². The molecule has 30 heavy (non-hydrogen) atoms. The van der Waals surface area contributed by atoms with E-state index in [4.69, 9.17) is 16.3 Å². The molecule has 1 N–H and O–H groups in total. The zero-order chi connectivity index (χ0) is 22.5. The van der Waals surface area contributed by atoms with Crippen LogP contribution in [0.15, 0.2) is 30.5 Å². The van der Waals surface area contributed by atoms with E-state index in [1.807, 2.05) is 0 Å². The normalized spacial score (nSPS) is 12.4. The fourth-order valence-corrected chi connectivity index (χ4v) is 2.50. The molecule has 7 nitrogen and oxygen atoms in total. The Kier molecular flexibility index (Phi) is 7.60. The molecule has 1 aromatic heterocycles. The topological polar surface area (TPSA) is 90.4 Å². The number of amides is 1. The Labute approximate surface area is 175 Å². The highest BCUT2D eigenvalue weighted by Crippen LogP contribution is 2.29. The van der Waals surface area contributed by atoms with Gasteiger partial charge in [0.1, 0.15) is 17.4 Å². The summed E-state index contributed by atoms with van der Waals surface area (Å²) in [5.74, 6) is -2.07. The molecule has 0 radical (unpaired) electrons. The molecule has 1 heterocycles. The Morgan fingerprint density at radius 3 is 2.37 bits per heavy atom. The highest BCUT2D eigenvalue weighted by Gasteiger charge is 2.30. The molecule has 0 unspecified atom stereocenters. The minimum absolute atomic E-state index is 0.0808. The van der Waals surface area contributed by atoms with Gasteiger partial charge in [-0.2, -0.15) is 13.2 Å². The first-order chi connectivity index (χ1) is 14.0. The summed E-state index contributed by atoms with van der Waals surface area (Å²) < 4.78 is 47.1. The molecular formula is C19H19ClF3N3O4. The first kappa shape index (κ1) is 23.4. The minimum Gasteiger partial charge on any atom is -0.467 e. The van der Waals surface area contributed by atoms with Crippen molar-refractivity contribution >= 4 is 23.5 Å². The summed E-state index contributed by atoms with van der Waals surface area (Å²) in [5, 5.41) is 2.89. The number of nitrogens with zero attached hydrogens (tertiary/aromatic N) is 2. The van der Waals surface area contributed by atoms with Gasteiger partial charge >= 0.3 is 12.1 Å². The fraction of sp³-hybridized carbons (Fsp3) is 0.368. The summed E-state index contributed by atoms with van der Waals surface area (Å²) in [6.45, 7) is 1.84. The molecule has 2 aromatic rings. The Morgan fingerprint density at radius 2 is 1.83 bits per heavy atom. The number of aromatic nitrogens is 2. The average Bonchev–Trinajstić information content (AvgIpc) is 2.69. The van der Waals surface area contributed by atoms with E-state index in [0.29, 0.717) is 10.6 Å². The van der Waals surface area contributed by atoms with Gasteiger partial charge in [0, 0.05) is 10.6 Å². The summed E-state index contributed by atoms with van der Waals surface area (Å²) in [6.07, 6.45) is -3.62. The third-order valence-corrected chi connectivity index (χ3v) is 4.12. The number of carbonyl (C=O) groups excluding carboxylic acids is 2. The summed E-state index contributed by atoms with van der Waals surface area (Å²) in [4.78, 5) is 32.4. The summed E-state index contributed by atoms with van der Waals surface area (Å²) in [6, 6.07) is 5.07. The molecule has 0 spiro atoms. The van der Waals surface area contributed by atoms with Gasteiger partial charge in [0.2, 0.25) is 5.88 Å². The molecule has 1 atom stereocenters. The maximum absolute atomic E-state index is 12.6. The van der Waals surface area contributed by atoms with E-state index in [1.54, 1.807) is 13.8 Å². The molecule has 0 saturated heterocycles. The van der Waals surface area contributed by atoms with Crippen LogP contribution in [0.3, 0.4) is 0 Å². The molecule has 0 bridgehead atoms. The minimum atomic E-state index is -4.58. The molecule has 0 aliphatic rings. The van der Waals surface area contributed by atoms with Crippen LogP contribution >= 0.6 is 11.6 Å². The second kappa shape index (κ2) is 9.75. The number of hydrogen-bond donors (Lipinski definition) is 1. The molecule has 0 saturated carbocycles. The third kappa shape index (κ3) is 6.31. The quantitative estimate of drug-likeness (QED) is 0.654. The predicted molar refractivity (Wildman–Crippen MR) is 102 cm³/mol. The fourth-order valence-electron chi connectivity index (χ4n) is 2.38. The van der Waals surface area contributed by atoms with Crippen LogP contribution in [0.2, 0.25) is 5.02 Å². The summed E-state index contributed by atoms with van der Waals surface area (Å²) >= 11 is 5.85. The van der Waals surface area contributed by atoms with Crippen molar-refractivity contribution in [3.05, 3.63) is 41.2 Å². The van der Waals surface area contributed by atoms with Crippen LogP contribution in [0.5, 0.6) is 5.88 Å². The number of carbonyl (C=O) groups is 2. The highest BCUT2D eigenvalue weighted by atomic mass is 35.5. The van der Waals surface area contributed by atoms with Gasteiger partial charge in [-0.1, -0.05) is 37.6 Å². The van der Waals surface area contributed by atoms with E-state index in [2.05, 4.69) is 20.0 Å². The van der Waals surface area contributed by atoms with Crippen molar-refractivity contribution in [3.63, 3.8) is 0 Å². The average molecular weight is 446 g/mol. The van der Waals surface area contributed by atoms with E-state index in [9.17, 15) is 22.8 Å². The van der Waals surface area contributed by atoms with E-state index in [1.165, 1.54) is 31.4 Å². The van der Waals surface area contributed by atoms with Crippen molar-refractivity contribution < 1.29 is 32.2 Å². The molecule has 11 heteroatoms. The lowest BCUT2D eigenvalue weighted by Gasteiger charge is -2.19. The van der Waals surface area contributed by atoms with Crippen LogP contribution in [-0.4, -0.2) is 47.8 Å². The zero-order valence-corrected chi connectivity index (χ0v) is 17.0. The van der Waals surface area contributed by atoms with Crippen LogP contribution in [0.25, 0.3) is 11.3 Å². The Morgan fingerprint density at radius 1 is 1.20 bits per heavy atom. The van der Waals surface area contributed by atoms with Crippen LogP contribution in [0.4, 0.5) is 13.2 Å². The van der Waals surface area contributed by atoms with Gasteiger partial charge in [0.15, 0.2) is 6.61 Å². The SMILES string of the molecule is COC(=O)[C@H](NC(=O)c1cnc(OCC(F)(F)F)c(-c2ccc(Cl)cc2)n1)C(C)C. The van der Waals surface area contributed by atoms with Gasteiger partial charge in [0.05, 0.1) is 13.3 Å². The highest BCUT2D eigenvalue weighted by molar-refractivity contribution is 6.30. The zero-order valence-electron chi connectivity index (χ0n) is 16.3. The Balaban J connectivity index is 2.39. The van der Waals surface area contributed by atoms with Crippen molar-refractivity contribution in [1.82, 2.24) is 15.3 Å². The van der Waals surface area contributed by atoms with Crippen molar-refractivity contribution in [3.8, 4) is 17.1 Å². The van der Waals surface area contributed by atoms with E-state index >= 15 is 0 Å². The molecule has 0 aliphatic carbocycles.